The fourth-order valence-electron chi connectivity index (χ4n) is 3.25. The molecule has 18 heavy (non-hydrogen) atoms. The minimum Gasteiger partial charge on any atom is -0.390 e. The molecule has 0 saturated carbocycles. The van der Waals surface area contributed by atoms with Crippen molar-refractivity contribution in [2.75, 3.05) is 0 Å². The van der Waals surface area contributed by atoms with Gasteiger partial charge in [0.2, 0.25) is 0 Å². The molecule has 2 rings (SSSR count). The van der Waals surface area contributed by atoms with Crippen molar-refractivity contribution in [3.05, 3.63) is 11.6 Å². The average Bonchev–Trinajstić information content (AvgIpc) is 2.88. The van der Waals surface area contributed by atoms with Crippen LogP contribution in [0.3, 0.4) is 0 Å². The fraction of sp³-hybridized carbons (Fsp3) is 0.867. The van der Waals surface area contributed by atoms with Gasteiger partial charge in [0, 0.05) is 6.42 Å². The Bertz CT molecular complexity index is 337. The van der Waals surface area contributed by atoms with E-state index in [1.54, 1.807) is 0 Å². The van der Waals surface area contributed by atoms with Crippen LogP contribution >= 0.6 is 0 Å². The Morgan fingerprint density at radius 2 is 2.06 bits per heavy atom. The highest BCUT2D eigenvalue weighted by Gasteiger charge is 2.58. The van der Waals surface area contributed by atoms with E-state index >= 15 is 0 Å². The summed E-state index contributed by atoms with van der Waals surface area (Å²) >= 11 is 0. The second kappa shape index (κ2) is 4.95. The van der Waals surface area contributed by atoms with Crippen LogP contribution in [-0.4, -0.2) is 34.1 Å². The number of ether oxygens (including phenoxy) is 1. The molecule has 1 aliphatic carbocycles. The molecule has 0 radical (unpaired) electrons. The largest absolute Gasteiger partial charge is 0.390 e. The van der Waals surface area contributed by atoms with E-state index in [0.717, 1.165) is 12.8 Å². The maximum atomic E-state index is 10.5. The summed E-state index contributed by atoms with van der Waals surface area (Å²) in [4.78, 5) is 0. The molecule has 3 nitrogen and oxygen atoms in total. The fourth-order valence-corrected chi connectivity index (χ4v) is 3.25. The van der Waals surface area contributed by atoms with Crippen LogP contribution in [0.25, 0.3) is 0 Å². The van der Waals surface area contributed by atoms with Crippen LogP contribution in [0.5, 0.6) is 0 Å². The Kier molecular flexibility index (Phi) is 3.86. The first-order chi connectivity index (χ1) is 8.33. The molecule has 0 aromatic heterocycles. The lowest BCUT2D eigenvalue weighted by Crippen LogP contribution is -2.35. The van der Waals surface area contributed by atoms with Crippen molar-refractivity contribution in [1.82, 2.24) is 0 Å². The van der Waals surface area contributed by atoms with Gasteiger partial charge < -0.3 is 14.9 Å². The number of hydrogen-bond acceptors (Lipinski definition) is 3. The lowest BCUT2D eigenvalue weighted by molar-refractivity contribution is 0.0504. The zero-order valence-corrected chi connectivity index (χ0v) is 11.9. The molecule has 5 atom stereocenters. The van der Waals surface area contributed by atoms with E-state index in [2.05, 4.69) is 20.8 Å². The molecule has 0 amide bonds. The second-order valence-electron chi connectivity index (χ2n) is 6.57. The first-order valence-electron chi connectivity index (χ1n) is 7.05. The minimum absolute atomic E-state index is 0.105. The average molecular weight is 254 g/mol. The molecule has 0 unspecified atom stereocenters. The van der Waals surface area contributed by atoms with E-state index in [1.807, 2.05) is 13.0 Å². The van der Waals surface area contributed by atoms with Gasteiger partial charge >= 0.3 is 0 Å². The summed E-state index contributed by atoms with van der Waals surface area (Å²) in [6.07, 6.45) is 3.46. The van der Waals surface area contributed by atoms with E-state index in [0.29, 0.717) is 12.3 Å². The molecule has 2 aliphatic rings. The standard InChI is InChI=1S/C15H26O3/c1-9(2)12-6-5-10(3)7-11(16)8-15(4)14(18-15)13(12)17/h7,9,11-14,16-17H,5-6,8H2,1-4H3/t11-,12-,13+,14-,15-/m0/s1. The van der Waals surface area contributed by atoms with Crippen LogP contribution in [0.2, 0.25) is 0 Å². The number of aliphatic hydroxyl groups excluding tert-OH is 2. The summed E-state index contributed by atoms with van der Waals surface area (Å²) in [5.41, 5.74) is 0.864. The van der Waals surface area contributed by atoms with Gasteiger partial charge in [0.05, 0.1) is 17.8 Å². The molecule has 2 N–H and O–H groups in total. The molecular formula is C15H26O3. The lowest BCUT2D eigenvalue weighted by Gasteiger charge is -2.27. The third-order valence-electron chi connectivity index (χ3n) is 4.51. The van der Waals surface area contributed by atoms with Gasteiger partial charge in [0.25, 0.3) is 0 Å². The van der Waals surface area contributed by atoms with Gasteiger partial charge in [-0.05, 0) is 38.5 Å². The molecule has 1 aliphatic heterocycles. The second-order valence-corrected chi connectivity index (χ2v) is 6.57. The topological polar surface area (TPSA) is 53.0 Å². The van der Waals surface area contributed by atoms with E-state index in [1.165, 1.54) is 5.57 Å². The van der Waals surface area contributed by atoms with E-state index in [-0.39, 0.29) is 17.6 Å². The quantitative estimate of drug-likeness (QED) is 0.557. The van der Waals surface area contributed by atoms with Crippen LogP contribution in [0.15, 0.2) is 11.6 Å². The number of fused-ring (bicyclic) bond motifs is 1. The highest BCUT2D eigenvalue weighted by atomic mass is 16.6. The van der Waals surface area contributed by atoms with Crippen molar-refractivity contribution in [3.8, 4) is 0 Å². The van der Waals surface area contributed by atoms with E-state index < -0.39 is 12.2 Å². The van der Waals surface area contributed by atoms with Crippen LogP contribution in [0.4, 0.5) is 0 Å². The molecular weight excluding hydrogens is 228 g/mol. The number of aliphatic hydroxyl groups is 2. The van der Waals surface area contributed by atoms with Crippen LogP contribution in [0.1, 0.15) is 47.0 Å². The molecule has 1 heterocycles. The Morgan fingerprint density at radius 3 is 2.67 bits per heavy atom. The Morgan fingerprint density at radius 1 is 1.39 bits per heavy atom. The first kappa shape index (κ1) is 14.0. The van der Waals surface area contributed by atoms with Crippen molar-refractivity contribution in [1.29, 1.82) is 0 Å². The highest BCUT2D eigenvalue weighted by molar-refractivity contribution is 5.12. The molecule has 104 valence electrons. The Labute approximate surface area is 110 Å². The number of epoxide rings is 1. The van der Waals surface area contributed by atoms with Gasteiger partial charge in [-0.1, -0.05) is 25.5 Å². The number of allylic oxidation sites excluding steroid dienone is 1. The summed E-state index contributed by atoms with van der Waals surface area (Å²) in [6, 6.07) is 0. The molecule has 1 fully saturated rings. The minimum atomic E-state index is -0.456. The predicted octanol–water partition coefficient (Wildman–Crippen LogP) is 2.27. The normalized spacial score (nSPS) is 45.4. The van der Waals surface area contributed by atoms with E-state index in [9.17, 15) is 10.2 Å². The van der Waals surface area contributed by atoms with Crippen LogP contribution in [0, 0.1) is 11.8 Å². The molecule has 1 saturated heterocycles. The number of hydrogen-bond donors (Lipinski definition) is 2. The Hall–Kier alpha value is -0.380. The van der Waals surface area contributed by atoms with Crippen molar-refractivity contribution in [3.63, 3.8) is 0 Å². The highest BCUT2D eigenvalue weighted by Crippen LogP contribution is 2.46. The summed E-state index contributed by atoms with van der Waals surface area (Å²) in [6.45, 7) is 8.37. The van der Waals surface area contributed by atoms with Crippen molar-refractivity contribution in [2.24, 2.45) is 11.8 Å². The SMILES string of the molecule is CC1=C[C@H](O)C[C@]2(C)O[C@H]2[C@H](O)[C@H](C(C)C)CC1. The molecule has 0 aromatic carbocycles. The molecule has 3 heteroatoms. The molecule has 0 aromatic rings. The third kappa shape index (κ3) is 2.79. The zero-order valence-electron chi connectivity index (χ0n) is 11.9. The summed E-state index contributed by atoms with van der Waals surface area (Å²) in [5.74, 6) is 0.723. The van der Waals surface area contributed by atoms with Gasteiger partial charge in [-0.2, -0.15) is 0 Å². The van der Waals surface area contributed by atoms with Gasteiger partial charge in [-0.15, -0.1) is 0 Å². The maximum absolute atomic E-state index is 10.5. The van der Waals surface area contributed by atoms with Crippen molar-refractivity contribution >= 4 is 0 Å². The van der Waals surface area contributed by atoms with Gasteiger partial charge in [0.1, 0.15) is 6.10 Å². The van der Waals surface area contributed by atoms with Gasteiger partial charge in [0.15, 0.2) is 0 Å². The maximum Gasteiger partial charge on any atom is 0.113 e. The monoisotopic (exact) mass is 254 g/mol. The lowest BCUT2D eigenvalue weighted by atomic mass is 9.80. The summed E-state index contributed by atoms with van der Waals surface area (Å²) < 4.78 is 5.70. The van der Waals surface area contributed by atoms with Crippen LogP contribution < -0.4 is 0 Å². The first-order valence-corrected chi connectivity index (χ1v) is 7.05. The van der Waals surface area contributed by atoms with Crippen molar-refractivity contribution in [2.45, 2.75) is 70.9 Å². The zero-order chi connectivity index (χ0) is 13.5. The summed E-state index contributed by atoms with van der Waals surface area (Å²) in [7, 11) is 0. The Balaban J connectivity index is 2.19. The van der Waals surface area contributed by atoms with Gasteiger partial charge in [-0.25, -0.2) is 0 Å². The number of rotatable bonds is 1. The molecule has 0 spiro atoms. The smallest absolute Gasteiger partial charge is 0.113 e. The third-order valence-corrected chi connectivity index (χ3v) is 4.51. The molecule has 0 bridgehead atoms. The van der Waals surface area contributed by atoms with Crippen molar-refractivity contribution < 1.29 is 14.9 Å². The van der Waals surface area contributed by atoms with Crippen LogP contribution in [-0.2, 0) is 4.74 Å². The van der Waals surface area contributed by atoms with Gasteiger partial charge in [-0.3, -0.25) is 0 Å². The summed E-state index contributed by atoms with van der Waals surface area (Å²) in [5, 5.41) is 20.5. The van der Waals surface area contributed by atoms with E-state index in [4.69, 9.17) is 4.74 Å². The predicted molar refractivity (Wildman–Crippen MR) is 71.2 cm³/mol.